The van der Waals surface area contributed by atoms with Gasteiger partial charge >= 0.3 is 11.9 Å². The van der Waals surface area contributed by atoms with E-state index < -0.39 is 32.5 Å². The molecule has 0 bridgehead atoms. The van der Waals surface area contributed by atoms with Crippen molar-refractivity contribution >= 4 is 19.8 Å². The van der Waals surface area contributed by atoms with Gasteiger partial charge in [0, 0.05) is 12.8 Å². The molecule has 60 heavy (non-hydrogen) atoms. The molecule has 0 aromatic heterocycles. The van der Waals surface area contributed by atoms with Crippen LogP contribution in [-0.2, 0) is 32.7 Å². The van der Waals surface area contributed by atoms with Gasteiger partial charge < -0.3 is 27.9 Å². The maximum Gasteiger partial charge on any atom is 0.306 e. The van der Waals surface area contributed by atoms with Crippen molar-refractivity contribution in [1.29, 1.82) is 0 Å². The van der Waals surface area contributed by atoms with Crippen LogP contribution >= 0.6 is 7.82 Å². The molecule has 0 aliphatic rings. The van der Waals surface area contributed by atoms with Gasteiger partial charge in [-0.2, -0.15) is 0 Å². The first-order valence-corrected chi connectivity index (χ1v) is 24.1. The summed E-state index contributed by atoms with van der Waals surface area (Å²) in [6.07, 6.45) is 55.5. The standard InChI is InChI=1S/C50H82NO8P/c1-6-8-10-12-14-16-18-20-22-23-24-25-26-27-29-31-33-35-37-39-41-43-50(53)59-48(47-58-60(54,55)57-45-44-51(3,4)5)46-56-49(52)42-40-38-36-34-32-30-28-21-19-17-15-13-11-9-7-2/h8-11,14-17,20-22,24-25,27-29,32,34,48H,6-7,12-13,18-19,23,26,30-31,33,35-47H2,1-5H3/b10-8-,11-9-,16-14-,17-15-,22-20-,25-24-,28-21-,29-27-,34-32-. The van der Waals surface area contributed by atoms with Crippen molar-refractivity contribution in [1.82, 2.24) is 0 Å². The minimum Gasteiger partial charge on any atom is -0.756 e. The van der Waals surface area contributed by atoms with Crippen molar-refractivity contribution in [2.45, 2.75) is 148 Å². The van der Waals surface area contributed by atoms with Crippen molar-refractivity contribution in [3.63, 3.8) is 0 Å². The Labute approximate surface area is 366 Å². The highest BCUT2D eigenvalue weighted by molar-refractivity contribution is 7.45. The lowest BCUT2D eigenvalue weighted by Crippen LogP contribution is -2.37. The van der Waals surface area contributed by atoms with Gasteiger partial charge in [-0.3, -0.25) is 14.2 Å². The Kier molecular flexibility index (Phi) is 38.8. The lowest BCUT2D eigenvalue weighted by Gasteiger charge is -2.28. The lowest BCUT2D eigenvalue weighted by atomic mass is 10.1. The van der Waals surface area contributed by atoms with Crippen LogP contribution in [0.25, 0.3) is 0 Å². The molecule has 0 saturated carbocycles. The molecule has 0 fully saturated rings. The highest BCUT2D eigenvalue weighted by atomic mass is 31.2. The number of hydrogen-bond donors (Lipinski definition) is 0. The van der Waals surface area contributed by atoms with E-state index in [9.17, 15) is 19.0 Å². The number of carbonyl (C=O) groups excluding carboxylic acids is 2. The Bertz CT molecular complexity index is 1380. The number of quaternary nitrogens is 1. The molecule has 0 aliphatic heterocycles. The maximum atomic E-state index is 12.7. The molecule has 340 valence electrons. The second-order valence-corrected chi connectivity index (χ2v) is 17.1. The summed E-state index contributed by atoms with van der Waals surface area (Å²) in [7, 11) is 1.11. The number of likely N-dealkylation sites (N-methyl/N-ethyl adjacent to an activating group) is 1. The van der Waals surface area contributed by atoms with Crippen molar-refractivity contribution in [3.8, 4) is 0 Å². The third-order valence-electron chi connectivity index (χ3n) is 8.79. The van der Waals surface area contributed by atoms with Gasteiger partial charge in [0.05, 0.1) is 27.7 Å². The van der Waals surface area contributed by atoms with Gasteiger partial charge in [-0.05, 0) is 96.3 Å². The molecule has 10 heteroatoms. The Morgan fingerprint density at radius 3 is 1.37 bits per heavy atom. The first-order chi connectivity index (χ1) is 29.0. The Morgan fingerprint density at radius 1 is 0.517 bits per heavy atom. The average molecular weight is 856 g/mol. The number of allylic oxidation sites excluding steroid dienone is 18. The smallest absolute Gasteiger partial charge is 0.306 e. The minimum absolute atomic E-state index is 0.0487. The van der Waals surface area contributed by atoms with Gasteiger partial charge in [0.2, 0.25) is 0 Å². The Balaban J connectivity index is 4.46. The quantitative estimate of drug-likeness (QED) is 0.0198. The molecule has 0 saturated heterocycles. The molecule has 2 atom stereocenters. The molecule has 0 rings (SSSR count). The van der Waals surface area contributed by atoms with E-state index in [0.717, 1.165) is 103 Å². The molecule has 0 spiro atoms. The fraction of sp³-hybridized carbons (Fsp3) is 0.600. The van der Waals surface area contributed by atoms with Crippen LogP contribution in [0, 0.1) is 0 Å². The zero-order chi connectivity index (χ0) is 44.3. The highest BCUT2D eigenvalue weighted by Gasteiger charge is 2.21. The lowest BCUT2D eigenvalue weighted by molar-refractivity contribution is -0.870. The van der Waals surface area contributed by atoms with E-state index in [4.69, 9.17) is 18.5 Å². The number of rotatable bonds is 39. The Hall–Kier alpha value is -3.33. The monoisotopic (exact) mass is 856 g/mol. The van der Waals surface area contributed by atoms with Gasteiger partial charge in [-0.25, -0.2) is 0 Å². The molecule has 2 unspecified atom stereocenters. The molecule has 9 nitrogen and oxygen atoms in total. The summed E-state index contributed by atoms with van der Waals surface area (Å²) < 4.78 is 33.9. The topological polar surface area (TPSA) is 111 Å². The second-order valence-electron chi connectivity index (χ2n) is 15.6. The summed E-state index contributed by atoms with van der Waals surface area (Å²) in [6.45, 7) is 3.89. The molecule has 0 radical (unpaired) electrons. The second kappa shape index (κ2) is 41.0. The third kappa shape index (κ3) is 44.2. The van der Waals surface area contributed by atoms with E-state index in [-0.39, 0.29) is 26.1 Å². The normalized spacial score (nSPS) is 14.6. The van der Waals surface area contributed by atoms with Crippen LogP contribution in [0.1, 0.15) is 142 Å². The molecule has 0 amide bonds. The molecule has 0 aromatic rings. The zero-order valence-corrected chi connectivity index (χ0v) is 39.0. The maximum absolute atomic E-state index is 12.7. The van der Waals surface area contributed by atoms with E-state index in [1.165, 1.54) is 0 Å². The molecule has 0 aromatic carbocycles. The van der Waals surface area contributed by atoms with Crippen LogP contribution in [0.5, 0.6) is 0 Å². The fourth-order valence-electron chi connectivity index (χ4n) is 5.32. The summed E-state index contributed by atoms with van der Waals surface area (Å²) in [6, 6.07) is 0. The number of hydrogen-bond acceptors (Lipinski definition) is 8. The predicted octanol–water partition coefficient (Wildman–Crippen LogP) is 12.5. The van der Waals surface area contributed by atoms with Gasteiger partial charge in [0.1, 0.15) is 19.8 Å². The van der Waals surface area contributed by atoms with Crippen LogP contribution in [0.4, 0.5) is 0 Å². The van der Waals surface area contributed by atoms with Gasteiger partial charge in [-0.1, -0.05) is 142 Å². The van der Waals surface area contributed by atoms with Gasteiger partial charge in [0.25, 0.3) is 7.82 Å². The summed E-state index contributed by atoms with van der Waals surface area (Å²) >= 11 is 0. The minimum atomic E-state index is -4.65. The van der Waals surface area contributed by atoms with Crippen LogP contribution in [0.2, 0.25) is 0 Å². The SMILES string of the molecule is CC/C=C\C/C=C\C/C=C\C/C=C\C/C=C\CCCCCCCC(=O)OC(COC(=O)CCCC/C=C\C/C=C\C/C=C\C/C=C\CC)COP(=O)([O-])OCC[N+](C)(C)C. The predicted molar refractivity (Wildman–Crippen MR) is 249 cm³/mol. The number of phosphoric acid groups is 1. The van der Waals surface area contributed by atoms with Crippen LogP contribution in [0.15, 0.2) is 109 Å². The van der Waals surface area contributed by atoms with E-state index in [1.807, 2.05) is 21.1 Å². The van der Waals surface area contributed by atoms with Crippen LogP contribution in [0.3, 0.4) is 0 Å². The number of esters is 2. The first kappa shape index (κ1) is 56.7. The van der Waals surface area contributed by atoms with Crippen molar-refractivity contribution in [2.75, 3.05) is 47.5 Å². The third-order valence-corrected chi connectivity index (χ3v) is 9.75. The molecule has 0 heterocycles. The first-order valence-electron chi connectivity index (χ1n) is 22.6. The summed E-state index contributed by atoms with van der Waals surface area (Å²) in [5.74, 6) is -0.918. The number of unbranched alkanes of at least 4 members (excludes halogenated alkanes) is 7. The van der Waals surface area contributed by atoms with E-state index in [0.29, 0.717) is 23.9 Å². The fourth-order valence-corrected chi connectivity index (χ4v) is 6.05. The summed E-state index contributed by atoms with van der Waals surface area (Å²) in [4.78, 5) is 37.6. The van der Waals surface area contributed by atoms with Crippen molar-refractivity contribution in [2.24, 2.45) is 0 Å². The zero-order valence-electron chi connectivity index (χ0n) is 38.1. The van der Waals surface area contributed by atoms with Gasteiger partial charge in [-0.15, -0.1) is 0 Å². The summed E-state index contributed by atoms with van der Waals surface area (Å²) in [5.41, 5.74) is 0. The van der Waals surface area contributed by atoms with Crippen molar-refractivity contribution in [3.05, 3.63) is 109 Å². The Morgan fingerprint density at radius 2 is 0.900 bits per heavy atom. The molecular weight excluding hydrogens is 774 g/mol. The molecular formula is C50H82NO8P. The largest absolute Gasteiger partial charge is 0.756 e. The van der Waals surface area contributed by atoms with Gasteiger partial charge in [0.15, 0.2) is 6.10 Å². The van der Waals surface area contributed by atoms with Crippen molar-refractivity contribution < 1.29 is 42.1 Å². The number of nitrogens with zero attached hydrogens (tertiary/aromatic N) is 1. The van der Waals surface area contributed by atoms with Crippen LogP contribution < -0.4 is 4.89 Å². The molecule has 0 aliphatic carbocycles. The summed E-state index contributed by atoms with van der Waals surface area (Å²) in [5, 5.41) is 0. The molecule has 0 N–H and O–H groups in total. The number of carbonyl (C=O) groups is 2. The average Bonchev–Trinajstić information content (AvgIpc) is 3.20. The number of ether oxygens (including phenoxy) is 2. The van der Waals surface area contributed by atoms with E-state index in [2.05, 4.69) is 123 Å². The van der Waals surface area contributed by atoms with E-state index in [1.54, 1.807) is 0 Å². The number of phosphoric ester groups is 1. The van der Waals surface area contributed by atoms with Crippen LogP contribution in [-0.4, -0.2) is 70.0 Å². The van der Waals surface area contributed by atoms with E-state index >= 15 is 0 Å². The highest BCUT2D eigenvalue weighted by Crippen LogP contribution is 2.38.